The van der Waals surface area contributed by atoms with Crippen LogP contribution in [0, 0.1) is 0 Å². The van der Waals surface area contributed by atoms with Gasteiger partial charge in [-0.25, -0.2) is 13.1 Å². The van der Waals surface area contributed by atoms with Crippen LogP contribution in [0.5, 0.6) is 0 Å². The molecule has 9 heteroatoms. The molecule has 0 spiro atoms. The van der Waals surface area contributed by atoms with E-state index in [1.54, 1.807) is 0 Å². The summed E-state index contributed by atoms with van der Waals surface area (Å²) >= 11 is 0. The normalized spacial score (nSPS) is 21.4. The molecule has 108 valence electrons. The zero-order valence-electron chi connectivity index (χ0n) is 9.79. The molecule has 0 amide bonds. The summed E-state index contributed by atoms with van der Waals surface area (Å²) in [6.45, 7) is -1.00. The van der Waals surface area contributed by atoms with Crippen molar-refractivity contribution < 1.29 is 26.3 Å². The summed E-state index contributed by atoms with van der Waals surface area (Å²) in [5, 5.41) is 3.04. The lowest BCUT2D eigenvalue weighted by Gasteiger charge is -2.12. The number of hydrogen-bond acceptors (Lipinski definition) is 4. The summed E-state index contributed by atoms with van der Waals surface area (Å²) in [6.07, 6.45) is -2.65. The van der Waals surface area contributed by atoms with Crippen LogP contribution in [0.2, 0.25) is 0 Å². The van der Waals surface area contributed by atoms with E-state index in [9.17, 15) is 21.6 Å². The Labute approximate surface area is 104 Å². The first-order chi connectivity index (χ1) is 8.29. The summed E-state index contributed by atoms with van der Waals surface area (Å²) < 4.78 is 64.7. The highest BCUT2D eigenvalue weighted by Gasteiger charge is 2.27. The van der Waals surface area contributed by atoms with E-state index in [1.807, 2.05) is 0 Å². The van der Waals surface area contributed by atoms with Crippen LogP contribution < -0.4 is 10.0 Å². The molecule has 1 unspecified atom stereocenters. The van der Waals surface area contributed by atoms with Crippen LogP contribution in [0.4, 0.5) is 13.2 Å². The molecule has 5 nitrogen and oxygen atoms in total. The smallest absolute Gasteiger partial charge is 0.371 e. The molecule has 0 aromatic carbocycles. The average Bonchev–Trinajstić information content (AvgIpc) is 2.67. The topological polar surface area (TPSA) is 67.4 Å². The maximum Gasteiger partial charge on any atom is 0.411 e. The molecular formula is C9H17F3N2O3S. The molecule has 1 atom stereocenters. The molecule has 0 bridgehead atoms. The first kappa shape index (κ1) is 15.7. The lowest BCUT2D eigenvalue weighted by atomic mass is 10.3. The molecule has 2 N–H and O–H groups in total. The SMILES string of the molecule is O=S(=O)(CC1CCCN1)NCCOCC(F)(F)F. The highest BCUT2D eigenvalue weighted by molar-refractivity contribution is 7.89. The predicted octanol–water partition coefficient (Wildman–Crippen LogP) is 0.237. The van der Waals surface area contributed by atoms with Gasteiger partial charge in [0.1, 0.15) is 6.61 Å². The summed E-state index contributed by atoms with van der Waals surface area (Å²) in [7, 11) is -3.45. The molecular weight excluding hydrogens is 273 g/mol. The van der Waals surface area contributed by atoms with Gasteiger partial charge in [-0.05, 0) is 19.4 Å². The molecule has 0 radical (unpaired) electrons. The van der Waals surface area contributed by atoms with Crippen LogP contribution >= 0.6 is 0 Å². The predicted molar refractivity (Wildman–Crippen MR) is 59.7 cm³/mol. The zero-order valence-corrected chi connectivity index (χ0v) is 10.6. The summed E-state index contributed by atoms with van der Waals surface area (Å²) in [4.78, 5) is 0. The van der Waals surface area contributed by atoms with E-state index < -0.39 is 22.8 Å². The van der Waals surface area contributed by atoms with Crippen LogP contribution in [0.3, 0.4) is 0 Å². The van der Waals surface area contributed by atoms with Gasteiger partial charge in [0, 0.05) is 12.6 Å². The van der Waals surface area contributed by atoms with Crippen LogP contribution in [0.25, 0.3) is 0 Å². The molecule has 18 heavy (non-hydrogen) atoms. The number of halogens is 3. The van der Waals surface area contributed by atoms with E-state index in [0.717, 1.165) is 19.4 Å². The Morgan fingerprint density at radius 3 is 2.67 bits per heavy atom. The third-order valence-electron chi connectivity index (χ3n) is 2.42. The van der Waals surface area contributed by atoms with Gasteiger partial charge in [-0.2, -0.15) is 13.2 Å². The molecule has 0 aromatic heterocycles. The van der Waals surface area contributed by atoms with Crippen molar-refractivity contribution in [1.29, 1.82) is 0 Å². The molecule has 0 saturated carbocycles. The van der Waals surface area contributed by atoms with Gasteiger partial charge in [-0.3, -0.25) is 0 Å². The lowest BCUT2D eigenvalue weighted by molar-refractivity contribution is -0.173. The summed E-state index contributed by atoms with van der Waals surface area (Å²) in [5.41, 5.74) is 0. The fourth-order valence-electron chi connectivity index (χ4n) is 1.68. The van der Waals surface area contributed by atoms with Crippen molar-refractivity contribution in [2.45, 2.75) is 25.1 Å². The van der Waals surface area contributed by atoms with Crippen molar-refractivity contribution in [3.8, 4) is 0 Å². The van der Waals surface area contributed by atoms with Crippen LogP contribution in [-0.2, 0) is 14.8 Å². The fraction of sp³-hybridized carbons (Fsp3) is 1.00. The maximum atomic E-state index is 11.7. The highest BCUT2D eigenvalue weighted by atomic mass is 32.2. The molecule has 1 aliphatic heterocycles. The van der Waals surface area contributed by atoms with Gasteiger partial charge in [0.2, 0.25) is 10.0 Å². The zero-order chi connectivity index (χ0) is 13.6. The average molecular weight is 290 g/mol. The highest BCUT2D eigenvalue weighted by Crippen LogP contribution is 2.14. The second kappa shape index (κ2) is 6.69. The van der Waals surface area contributed by atoms with Gasteiger partial charge in [-0.15, -0.1) is 0 Å². The third kappa shape index (κ3) is 7.14. The lowest BCUT2D eigenvalue weighted by Crippen LogP contribution is -2.38. The van der Waals surface area contributed by atoms with Gasteiger partial charge in [0.05, 0.1) is 12.4 Å². The number of rotatable bonds is 7. The number of sulfonamides is 1. The first-order valence-electron chi connectivity index (χ1n) is 5.64. The van der Waals surface area contributed by atoms with Crippen molar-refractivity contribution in [2.75, 3.05) is 32.1 Å². The van der Waals surface area contributed by atoms with Crippen LogP contribution in [0.1, 0.15) is 12.8 Å². The molecule has 1 heterocycles. The van der Waals surface area contributed by atoms with Crippen molar-refractivity contribution in [2.24, 2.45) is 0 Å². The third-order valence-corrected chi connectivity index (χ3v) is 3.90. The van der Waals surface area contributed by atoms with Crippen molar-refractivity contribution in [3.63, 3.8) is 0 Å². The number of alkyl halides is 3. The number of hydrogen-bond donors (Lipinski definition) is 2. The molecule has 1 fully saturated rings. The van der Waals surface area contributed by atoms with E-state index in [0.29, 0.717) is 0 Å². The van der Waals surface area contributed by atoms with Gasteiger partial charge < -0.3 is 10.1 Å². The second-order valence-electron chi connectivity index (χ2n) is 4.14. The first-order valence-corrected chi connectivity index (χ1v) is 7.29. The van der Waals surface area contributed by atoms with Crippen LogP contribution in [-0.4, -0.2) is 52.7 Å². The minimum absolute atomic E-state index is 0.0493. The Hall–Kier alpha value is -0.380. The Balaban J connectivity index is 2.13. The van der Waals surface area contributed by atoms with E-state index in [4.69, 9.17) is 0 Å². The van der Waals surface area contributed by atoms with Gasteiger partial charge >= 0.3 is 6.18 Å². The van der Waals surface area contributed by atoms with E-state index in [-0.39, 0.29) is 24.9 Å². The van der Waals surface area contributed by atoms with Crippen LogP contribution in [0.15, 0.2) is 0 Å². The van der Waals surface area contributed by atoms with E-state index in [1.165, 1.54) is 0 Å². The minimum Gasteiger partial charge on any atom is -0.371 e. The van der Waals surface area contributed by atoms with Gasteiger partial charge in [0.25, 0.3) is 0 Å². The van der Waals surface area contributed by atoms with E-state index in [2.05, 4.69) is 14.8 Å². The Morgan fingerprint density at radius 1 is 1.39 bits per heavy atom. The second-order valence-corrected chi connectivity index (χ2v) is 5.99. The van der Waals surface area contributed by atoms with Crippen molar-refractivity contribution in [1.82, 2.24) is 10.0 Å². The quantitative estimate of drug-likeness (QED) is 0.659. The van der Waals surface area contributed by atoms with Crippen molar-refractivity contribution in [3.05, 3.63) is 0 Å². The largest absolute Gasteiger partial charge is 0.411 e. The Bertz CT molecular complexity index is 339. The molecule has 0 aromatic rings. The Morgan fingerprint density at radius 2 is 2.11 bits per heavy atom. The summed E-state index contributed by atoms with van der Waals surface area (Å²) in [6, 6.07) is -0.0707. The number of ether oxygens (including phenoxy) is 1. The van der Waals surface area contributed by atoms with Crippen molar-refractivity contribution >= 4 is 10.0 Å². The monoisotopic (exact) mass is 290 g/mol. The van der Waals surface area contributed by atoms with Gasteiger partial charge in [0.15, 0.2) is 0 Å². The fourth-order valence-corrected chi connectivity index (χ4v) is 3.01. The molecule has 1 rings (SSSR count). The van der Waals surface area contributed by atoms with E-state index >= 15 is 0 Å². The van der Waals surface area contributed by atoms with Gasteiger partial charge in [-0.1, -0.05) is 0 Å². The standard InChI is InChI=1S/C9H17F3N2O3S/c10-9(11,12)7-17-5-4-14-18(15,16)6-8-2-1-3-13-8/h8,13-14H,1-7H2. The molecule has 0 aliphatic carbocycles. The minimum atomic E-state index is -4.38. The molecule has 1 aliphatic rings. The number of nitrogens with one attached hydrogen (secondary N) is 2. The Kier molecular flexibility index (Phi) is 5.83. The summed E-state index contributed by atoms with van der Waals surface area (Å²) in [5.74, 6) is -0.0493. The molecule has 1 saturated heterocycles. The maximum absolute atomic E-state index is 11.7.